The zero-order valence-corrected chi connectivity index (χ0v) is 11.1. The van der Waals surface area contributed by atoms with Crippen LogP contribution in [0.5, 0.6) is 5.75 Å². The van der Waals surface area contributed by atoms with E-state index in [4.69, 9.17) is 4.74 Å². The molecular weight excluding hydrogens is 258 g/mol. The highest BCUT2D eigenvalue weighted by Gasteiger charge is 2.12. The summed E-state index contributed by atoms with van der Waals surface area (Å²) in [5.41, 5.74) is 2.33. The highest BCUT2D eigenvalue weighted by Crippen LogP contribution is 2.19. The van der Waals surface area contributed by atoms with Crippen LogP contribution in [0.1, 0.15) is 21.5 Å². The smallest absolute Gasteiger partial charge is 0.343 e. The van der Waals surface area contributed by atoms with Crippen LogP contribution in [0.4, 0.5) is 5.69 Å². The van der Waals surface area contributed by atoms with Gasteiger partial charge in [0.25, 0.3) is 5.69 Å². The van der Waals surface area contributed by atoms with Gasteiger partial charge in [-0.2, -0.15) is 0 Å². The number of hydrogen-bond acceptors (Lipinski definition) is 4. The van der Waals surface area contributed by atoms with Crippen LogP contribution >= 0.6 is 0 Å². The van der Waals surface area contributed by atoms with Gasteiger partial charge in [0.05, 0.1) is 10.5 Å². The van der Waals surface area contributed by atoms with Gasteiger partial charge in [-0.15, -0.1) is 0 Å². The van der Waals surface area contributed by atoms with Gasteiger partial charge in [-0.05, 0) is 37.6 Å². The van der Waals surface area contributed by atoms with Crippen molar-refractivity contribution in [1.82, 2.24) is 0 Å². The minimum atomic E-state index is -0.504. The largest absolute Gasteiger partial charge is 0.423 e. The van der Waals surface area contributed by atoms with Crippen molar-refractivity contribution in [1.29, 1.82) is 0 Å². The Labute approximate surface area is 116 Å². The van der Waals surface area contributed by atoms with Crippen molar-refractivity contribution in [3.05, 3.63) is 69.3 Å². The van der Waals surface area contributed by atoms with Gasteiger partial charge < -0.3 is 4.74 Å². The first-order valence-electron chi connectivity index (χ1n) is 6.01. The van der Waals surface area contributed by atoms with Gasteiger partial charge in [-0.1, -0.05) is 17.7 Å². The van der Waals surface area contributed by atoms with E-state index in [9.17, 15) is 14.9 Å². The Morgan fingerprint density at radius 2 is 1.75 bits per heavy atom. The Bertz CT molecular complexity index is 662. The van der Waals surface area contributed by atoms with Crippen molar-refractivity contribution in [2.45, 2.75) is 13.8 Å². The molecule has 20 heavy (non-hydrogen) atoms. The molecule has 0 heterocycles. The van der Waals surface area contributed by atoms with Crippen LogP contribution in [0.25, 0.3) is 0 Å². The summed E-state index contributed by atoms with van der Waals surface area (Å²) in [7, 11) is 0. The van der Waals surface area contributed by atoms with Gasteiger partial charge in [0.2, 0.25) is 0 Å². The summed E-state index contributed by atoms with van der Waals surface area (Å²) >= 11 is 0. The molecule has 0 fully saturated rings. The number of benzene rings is 2. The number of carbonyl (C=O) groups is 1. The number of non-ortho nitro benzene ring substituents is 1. The number of esters is 1. The van der Waals surface area contributed by atoms with Crippen molar-refractivity contribution in [2.75, 3.05) is 0 Å². The number of rotatable bonds is 3. The average Bonchev–Trinajstić information content (AvgIpc) is 2.39. The molecule has 5 heteroatoms. The monoisotopic (exact) mass is 271 g/mol. The lowest BCUT2D eigenvalue weighted by Crippen LogP contribution is -2.10. The quantitative estimate of drug-likeness (QED) is 0.371. The third kappa shape index (κ3) is 3.00. The van der Waals surface area contributed by atoms with Crippen LogP contribution in [0.15, 0.2) is 42.5 Å². The predicted octanol–water partition coefficient (Wildman–Crippen LogP) is 3.43. The Balaban J connectivity index is 2.17. The second kappa shape index (κ2) is 5.52. The van der Waals surface area contributed by atoms with Crippen LogP contribution < -0.4 is 4.74 Å². The molecule has 2 rings (SSSR count). The minimum absolute atomic E-state index is 0.0451. The molecule has 0 saturated carbocycles. The lowest BCUT2D eigenvalue weighted by molar-refractivity contribution is -0.384. The highest BCUT2D eigenvalue weighted by molar-refractivity contribution is 5.92. The van der Waals surface area contributed by atoms with Crippen molar-refractivity contribution in [2.24, 2.45) is 0 Å². The molecule has 0 aromatic heterocycles. The number of hydrogen-bond donors (Lipinski definition) is 0. The average molecular weight is 271 g/mol. The predicted molar refractivity (Wildman–Crippen MR) is 74.0 cm³/mol. The summed E-state index contributed by atoms with van der Waals surface area (Å²) in [4.78, 5) is 22.0. The molecule has 0 atom stereocenters. The zero-order valence-electron chi connectivity index (χ0n) is 11.1. The number of nitrogens with zero attached hydrogens (tertiary/aromatic N) is 1. The molecule has 0 unspecified atom stereocenters. The summed E-state index contributed by atoms with van der Waals surface area (Å²) in [5.74, 6) is -0.197. The third-order valence-corrected chi connectivity index (χ3v) is 2.86. The Morgan fingerprint density at radius 1 is 1.10 bits per heavy atom. The van der Waals surface area contributed by atoms with Gasteiger partial charge >= 0.3 is 5.97 Å². The second-order valence-electron chi connectivity index (χ2n) is 4.46. The van der Waals surface area contributed by atoms with E-state index in [1.807, 2.05) is 26.0 Å². The van der Waals surface area contributed by atoms with E-state index in [1.54, 1.807) is 6.07 Å². The van der Waals surface area contributed by atoms with Crippen LogP contribution in [0.3, 0.4) is 0 Å². The molecule has 0 aliphatic rings. The van der Waals surface area contributed by atoms with Crippen LogP contribution in [-0.4, -0.2) is 10.9 Å². The first kappa shape index (κ1) is 13.7. The molecule has 0 radical (unpaired) electrons. The summed E-state index contributed by atoms with van der Waals surface area (Å²) in [6, 6.07) is 10.8. The van der Waals surface area contributed by atoms with Crippen LogP contribution in [-0.2, 0) is 0 Å². The second-order valence-corrected chi connectivity index (χ2v) is 4.46. The summed E-state index contributed by atoms with van der Waals surface area (Å²) in [5, 5.41) is 10.5. The van der Waals surface area contributed by atoms with E-state index in [1.165, 1.54) is 24.3 Å². The molecule has 5 nitrogen and oxygen atoms in total. The number of nitro benzene ring substituents is 1. The molecule has 102 valence electrons. The van der Waals surface area contributed by atoms with E-state index < -0.39 is 10.9 Å². The summed E-state index contributed by atoms with van der Waals surface area (Å²) in [6.07, 6.45) is 0. The number of carbonyl (C=O) groups excluding carboxylic acids is 1. The van der Waals surface area contributed by atoms with E-state index in [0.29, 0.717) is 5.56 Å². The lowest BCUT2D eigenvalue weighted by Gasteiger charge is -2.07. The number of ether oxygens (including phenoxy) is 1. The normalized spacial score (nSPS) is 10.1. The zero-order chi connectivity index (χ0) is 14.7. The van der Waals surface area contributed by atoms with Crippen molar-refractivity contribution >= 4 is 11.7 Å². The van der Waals surface area contributed by atoms with E-state index in [0.717, 1.165) is 11.1 Å². The van der Waals surface area contributed by atoms with Gasteiger partial charge in [0.1, 0.15) is 5.75 Å². The van der Waals surface area contributed by atoms with E-state index >= 15 is 0 Å². The Kier molecular flexibility index (Phi) is 3.79. The number of aryl methyl sites for hydroxylation is 2. The molecule has 0 saturated heterocycles. The van der Waals surface area contributed by atoms with E-state index in [2.05, 4.69) is 0 Å². The summed E-state index contributed by atoms with van der Waals surface area (Å²) < 4.78 is 5.19. The first-order valence-corrected chi connectivity index (χ1v) is 6.01. The van der Waals surface area contributed by atoms with Crippen molar-refractivity contribution < 1.29 is 14.5 Å². The van der Waals surface area contributed by atoms with Crippen LogP contribution in [0, 0.1) is 24.0 Å². The molecule has 0 spiro atoms. The molecule has 0 bridgehead atoms. The maximum Gasteiger partial charge on any atom is 0.343 e. The fraction of sp³-hybridized carbons (Fsp3) is 0.133. The molecule has 0 aliphatic carbocycles. The van der Waals surface area contributed by atoms with Crippen molar-refractivity contribution in [3.63, 3.8) is 0 Å². The van der Waals surface area contributed by atoms with Gasteiger partial charge in [0, 0.05) is 12.1 Å². The highest BCUT2D eigenvalue weighted by atomic mass is 16.6. The van der Waals surface area contributed by atoms with Crippen LogP contribution in [0.2, 0.25) is 0 Å². The molecule has 2 aromatic rings. The Hall–Kier alpha value is -2.69. The molecule has 0 N–H and O–H groups in total. The first-order chi connectivity index (χ1) is 9.47. The van der Waals surface area contributed by atoms with Crippen molar-refractivity contribution in [3.8, 4) is 5.75 Å². The fourth-order valence-corrected chi connectivity index (χ4v) is 1.84. The SMILES string of the molecule is Cc1ccc(C(=O)Oc2ccc([N+](=O)[O-])cc2)c(C)c1. The maximum absolute atomic E-state index is 12.0. The van der Waals surface area contributed by atoms with Gasteiger partial charge in [-0.25, -0.2) is 4.79 Å². The Morgan fingerprint density at radius 3 is 2.30 bits per heavy atom. The fourth-order valence-electron chi connectivity index (χ4n) is 1.84. The molecule has 0 amide bonds. The standard InChI is InChI=1S/C15H13NO4/c1-10-3-8-14(11(2)9-10)15(17)20-13-6-4-12(5-7-13)16(18)19/h3-9H,1-2H3. The third-order valence-electron chi connectivity index (χ3n) is 2.86. The lowest BCUT2D eigenvalue weighted by atomic mass is 10.1. The van der Waals surface area contributed by atoms with Gasteiger partial charge in [0.15, 0.2) is 0 Å². The molecule has 0 aliphatic heterocycles. The number of nitro groups is 1. The molecule has 2 aromatic carbocycles. The van der Waals surface area contributed by atoms with Gasteiger partial charge in [-0.3, -0.25) is 10.1 Å². The minimum Gasteiger partial charge on any atom is -0.423 e. The summed E-state index contributed by atoms with van der Waals surface area (Å²) in [6.45, 7) is 3.78. The maximum atomic E-state index is 12.0. The molecular formula is C15H13NO4. The van der Waals surface area contributed by atoms with E-state index in [-0.39, 0.29) is 11.4 Å². The topological polar surface area (TPSA) is 69.4 Å².